The average Bonchev–Trinajstić information content (AvgIpc) is 2.75. The Balaban J connectivity index is 1.92. The van der Waals surface area contributed by atoms with Gasteiger partial charge in [0.25, 0.3) is 0 Å². The van der Waals surface area contributed by atoms with Crippen LogP contribution in [0.4, 0.5) is 5.82 Å². The van der Waals surface area contributed by atoms with Crippen LogP contribution in [-0.4, -0.2) is 48.5 Å². The molecule has 19 heavy (non-hydrogen) atoms. The van der Waals surface area contributed by atoms with E-state index in [9.17, 15) is 0 Å². The number of nitrogens with zero attached hydrogens (tertiary/aromatic N) is 2. The van der Waals surface area contributed by atoms with Crippen LogP contribution < -0.4 is 15.0 Å². The first kappa shape index (κ1) is 12.7. The molecule has 0 unspecified atom stereocenters. The second kappa shape index (κ2) is 4.98. The minimum absolute atomic E-state index is 0.0340. The highest BCUT2D eigenvalue weighted by Crippen LogP contribution is 2.36. The lowest BCUT2D eigenvalue weighted by Gasteiger charge is -2.37. The van der Waals surface area contributed by atoms with Gasteiger partial charge in [0.2, 0.25) is 0 Å². The molecule has 5 heteroatoms. The van der Waals surface area contributed by atoms with Gasteiger partial charge in [-0.2, -0.15) is 0 Å². The number of ether oxygens (including phenoxy) is 1. The van der Waals surface area contributed by atoms with Crippen LogP contribution in [0, 0.1) is 6.92 Å². The van der Waals surface area contributed by atoms with Crippen molar-refractivity contribution in [3.05, 3.63) is 17.3 Å². The smallest absolute Gasteiger partial charge is 0.141 e. The van der Waals surface area contributed by atoms with Gasteiger partial charge >= 0.3 is 0 Å². The standard InChI is InChI=1S/C14H21N3O2/c1-9-7-15-8-12-5-11-6-13(19-4-3-18)10(2)16-14(11)17(9)12/h6,9,12,15,18H,3-5,7-8H2,1-2H3/t9-,12-/m1/s1. The minimum atomic E-state index is 0.0340. The summed E-state index contributed by atoms with van der Waals surface area (Å²) >= 11 is 0. The number of pyridine rings is 1. The normalized spacial score (nSPS) is 25.1. The lowest BCUT2D eigenvalue weighted by molar-refractivity contribution is 0.200. The molecule has 3 rings (SSSR count). The van der Waals surface area contributed by atoms with Gasteiger partial charge in [-0.1, -0.05) is 0 Å². The molecule has 0 radical (unpaired) electrons. The summed E-state index contributed by atoms with van der Waals surface area (Å²) in [7, 11) is 0. The monoisotopic (exact) mass is 263 g/mol. The van der Waals surface area contributed by atoms with Crippen molar-refractivity contribution in [2.75, 3.05) is 31.2 Å². The fourth-order valence-electron chi connectivity index (χ4n) is 3.11. The molecule has 0 spiro atoms. The van der Waals surface area contributed by atoms with Crippen LogP contribution in [0.25, 0.3) is 0 Å². The third-order valence-electron chi connectivity index (χ3n) is 3.96. The third kappa shape index (κ3) is 2.17. The number of hydrogen-bond acceptors (Lipinski definition) is 5. The van der Waals surface area contributed by atoms with Crippen molar-refractivity contribution in [2.45, 2.75) is 32.4 Å². The van der Waals surface area contributed by atoms with Crippen LogP contribution in [0.15, 0.2) is 6.07 Å². The zero-order valence-electron chi connectivity index (χ0n) is 11.5. The summed E-state index contributed by atoms with van der Waals surface area (Å²) < 4.78 is 5.54. The molecule has 3 heterocycles. The Morgan fingerprint density at radius 3 is 3.16 bits per heavy atom. The number of piperazine rings is 1. The number of aromatic nitrogens is 1. The van der Waals surface area contributed by atoms with Gasteiger partial charge in [0, 0.05) is 30.7 Å². The summed E-state index contributed by atoms with van der Waals surface area (Å²) in [5.74, 6) is 1.92. The molecular weight excluding hydrogens is 242 g/mol. The second-order valence-electron chi connectivity index (χ2n) is 5.40. The molecule has 0 saturated carbocycles. The van der Waals surface area contributed by atoms with Gasteiger partial charge in [-0.25, -0.2) is 4.98 Å². The zero-order valence-corrected chi connectivity index (χ0v) is 11.5. The fourth-order valence-corrected chi connectivity index (χ4v) is 3.11. The summed E-state index contributed by atoms with van der Waals surface area (Å²) in [6, 6.07) is 3.09. The maximum atomic E-state index is 8.85. The van der Waals surface area contributed by atoms with Gasteiger partial charge in [0.15, 0.2) is 0 Å². The number of aliphatic hydroxyl groups is 1. The molecule has 1 aromatic rings. The van der Waals surface area contributed by atoms with E-state index in [1.165, 1.54) is 5.56 Å². The first-order chi connectivity index (χ1) is 9.20. The number of fused-ring (bicyclic) bond motifs is 3. The van der Waals surface area contributed by atoms with Crippen LogP contribution in [0.1, 0.15) is 18.2 Å². The maximum absolute atomic E-state index is 8.85. The van der Waals surface area contributed by atoms with E-state index in [2.05, 4.69) is 23.2 Å². The van der Waals surface area contributed by atoms with Crippen LogP contribution in [0.3, 0.4) is 0 Å². The van der Waals surface area contributed by atoms with Crippen LogP contribution in [0.5, 0.6) is 5.75 Å². The lowest BCUT2D eigenvalue weighted by atomic mass is 10.1. The highest BCUT2D eigenvalue weighted by atomic mass is 16.5. The topological polar surface area (TPSA) is 57.6 Å². The van der Waals surface area contributed by atoms with Crippen molar-refractivity contribution in [1.29, 1.82) is 0 Å². The van der Waals surface area contributed by atoms with Gasteiger partial charge < -0.3 is 20.1 Å². The molecular formula is C14H21N3O2. The van der Waals surface area contributed by atoms with Gasteiger partial charge in [-0.05, 0) is 26.3 Å². The number of anilines is 1. The highest BCUT2D eigenvalue weighted by molar-refractivity contribution is 5.58. The van der Waals surface area contributed by atoms with E-state index in [1.807, 2.05) is 6.92 Å². The van der Waals surface area contributed by atoms with E-state index in [-0.39, 0.29) is 6.61 Å². The molecule has 0 aromatic carbocycles. The third-order valence-corrected chi connectivity index (χ3v) is 3.96. The van der Waals surface area contributed by atoms with E-state index < -0.39 is 0 Å². The van der Waals surface area contributed by atoms with Crippen molar-refractivity contribution in [1.82, 2.24) is 10.3 Å². The molecule has 1 saturated heterocycles. The van der Waals surface area contributed by atoms with E-state index in [0.717, 1.165) is 36.8 Å². The predicted octanol–water partition coefficient (Wildman–Crippen LogP) is 0.484. The Morgan fingerprint density at radius 1 is 1.53 bits per heavy atom. The second-order valence-corrected chi connectivity index (χ2v) is 5.40. The molecule has 2 N–H and O–H groups in total. The summed E-state index contributed by atoms with van der Waals surface area (Å²) in [5.41, 5.74) is 2.16. The summed E-state index contributed by atoms with van der Waals surface area (Å²) in [5, 5.41) is 12.3. The molecule has 2 atom stereocenters. The molecule has 0 aliphatic carbocycles. The van der Waals surface area contributed by atoms with E-state index in [4.69, 9.17) is 14.8 Å². The van der Waals surface area contributed by atoms with Crippen molar-refractivity contribution in [3.8, 4) is 5.75 Å². The van der Waals surface area contributed by atoms with Gasteiger partial charge in [0.1, 0.15) is 18.2 Å². The summed E-state index contributed by atoms with van der Waals surface area (Å²) in [6.07, 6.45) is 1.02. The Labute approximate surface area is 113 Å². The Kier molecular flexibility index (Phi) is 3.33. The van der Waals surface area contributed by atoms with Gasteiger partial charge in [0.05, 0.1) is 12.3 Å². The number of nitrogens with one attached hydrogen (secondary N) is 1. The zero-order chi connectivity index (χ0) is 13.4. The molecule has 2 aliphatic heterocycles. The number of rotatable bonds is 3. The summed E-state index contributed by atoms with van der Waals surface area (Å²) in [6.45, 7) is 6.60. The van der Waals surface area contributed by atoms with E-state index >= 15 is 0 Å². The van der Waals surface area contributed by atoms with Crippen molar-refractivity contribution in [3.63, 3.8) is 0 Å². The van der Waals surface area contributed by atoms with Crippen molar-refractivity contribution < 1.29 is 9.84 Å². The number of aliphatic hydroxyl groups excluding tert-OH is 1. The first-order valence-corrected chi connectivity index (χ1v) is 6.94. The van der Waals surface area contributed by atoms with Gasteiger partial charge in [-0.3, -0.25) is 0 Å². The summed E-state index contributed by atoms with van der Waals surface area (Å²) in [4.78, 5) is 7.17. The Morgan fingerprint density at radius 2 is 2.37 bits per heavy atom. The largest absolute Gasteiger partial charge is 0.489 e. The molecule has 0 amide bonds. The maximum Gasteiger partial charge on any atom is 0.141 e. The van der Waals surface area contributed by atoms with E-state index in [1.54, 1.807) is 0 Å². The SMILES string of the molecule is Cc1nc2c(cc1OCCO)C[C@@H]1CNC[C@@H](C)N21. The van der Waals surface area contributed by atoms with Crippen molar-refractivity contribution >= 4 is 5.82 Å². The minimum Gasteiger partial charge on any atom is -0.489 e. The first-order valence-electron chi connectivity index (χ1n) is 6.94. The molecule has 1 aromatic heterocycles. The average molecular weight is 263 g/mol. The Bertz CT molecular complexity index is 478. The van der Waals surface area contributed by atoms with Crippen LogP contribution in [-0.2, 0) is 6.42 Å². The van der Waals surface area contributed by atoms with Crippen molar-refractivity contribution in [2.24, 2.45) is 0 Å². The molecule has 104 valence electrons. The molecule has 0 bridgehead atoms. The van der Waals surface area contributed by atoms with Gasteiger partial charge in [-0.15, -0.1) is 0 Å². The quantitative estimate of drug-likeness (QED) is 0.831. The Hall–Kier alpha value is -1.33. The van der Waals surface area contributed by atoms with Crippen LogP contribution in [0.2, 0.25) is 0 Å². The molecule has 2 aliphatic rings. The predicted molar refractivity (Wildman–Crippen MR) is 73.9 cm³/mol. The number of hydrogen-bond donors (Lipinski definition) is 2. The fraction of sp³-hybridized carbons (Fsp3) is 0.643. The molecule has 1 fully saturated rings. The van der Waals surface area contributed by atoms with E-state index in [0.29, 0.717) is 18.7 Å². The lowest BCUT2D eigenvalue weighted by Crippen LogP contribution is -2.55. The highest BCUT2D eigenvalue weighted by Gasteiger charge is 2.36. The number of aryl methyl sites for hydroxylation is 1. The molecule has 5 nitrogen and oxygen atoms in total. The van der Waals surface area contributed by atoms with Crippen LogP contribution >= 0.6 is 0 Å².